The van der Waals surface area contributed by atoms with Crippen LogP contribution in [-0.4, -0.2) is 18.8 Å². The van der Waals surface area contributed by atoms with E-state index < -0.39 is 5.91 Å². The van der Waals surface area contributed by atoms with Crippen LogP contribution < -0.4 is 19.5 Å². The molecule has 138 valence electrons. The Bertz CT molecular complexity index is 947. The minimum absolute atomic E-state index is 0.0221. The highest BCUT2D eigenvalue weighted by Crippen LogP contribution is 2.37. The number of ether oxygens (including phenoxy) is 3. The summed E-state index contributed by atoms with van der Waals surface area (Å²) in [5.41, 5.74) is 1.15. The number of fused-ring (bicyclic) bond motifs is 1. The maximum absolute atomic E-state index is 12.5. The van der Waals surface area contributed by atoms with E-state index in [4.69, 9.17) is 14.2 Å². The molecule has 0 unspecified atom stereocenters. The van der Waals surface area contributed by atoms with Crippen LogP contribution in [0.3, 0.4) is 0 Å². The fourth-order valence-electron chi connectivity index (χ4n) is 2.47. The number of amides is 1. The fraction of sp³-hybridized carbons (Fsp3) is 0.200. The third-order valence-corrected chi connectivity index (χ3v) is 4.31. The molecule has 0 aromatic heterocycles. The van der Waals surface area contributed by atoms with Gasteiger partial charge in [0.25, 0.3) is 5.91 Å². The van der Waals surface area contributed by atoms with E-state index >= 15 is 0 Å². The number of carbonyl (C=O) groups excluding carboxylic acids is 1. The summed E-state index contributed by atoms with van der Waals surface area (Å²) in [5, 5.41) is 12.1. The summed E-state index contributed by atoms with van der Waals surface area (Å²) in [5.74, 6) is 1.32. The molecular formula is C20H17BrN2O4. The van der Waals surface area contributed by atoms with Gasteiger partial charge < -0.3 is 19.5 Å². The number of hydrogen-bond donors (Lipinski definition) is 1. The van der Waals surface area contributed by atoms with E-state index in [-0.39, 0.29) is 18.5 Å². The predicted octanol–water partition coefficient (Wildman–Crippen LogP) is 4.51. The van der Waals surface area contributed by atoms with Crippen LogP contribution in [0, 0.1) is 11.3 Å². The first kappa shape index (κ1) is 18.8. The summed E-state index contributed by atoms with van der Waals surface area (Å²) in [6, 6.07) is 12.4. The predicted molar refractivity (Wildman–Crippen MR) is 105 cm³/mol. The molecule has 0 fully saturated rings. The lowest BCUT2D eigenvalue weighted by molar-refractivity contribution is -0.112. The van der Waals surface area contributed by atoms with E-state index in [1.807, 2.05) is 19.9 Å². The topological polar surface area (TPSA) is 80.6 Å². The van der Waals surface area contributed by atoms with Crippen molar-refractivity contribution in [3.63, 3.8) is 0 Å². The number of rotatable bonds is 5. The third-order valence-electron chi connectivity index (χ3n) is 3.62. The van der Waals surface area contributed by atoms with Crippen molar-refractivity contribution in [2.45, 2.75) is 20.0 Å². The molecule has 0 saturated heterocycles. The van der Waals surface area contributed by atoms with Gasteiger partial charge in [0.15, 0.2) is 11.5 Å². The summed E-state index contributed by atoms with van der Waals surface area (Å²) in [4.78, 5) is 12.5. The van der Waals surface area contributed by atoms with E-state index in [1.165, 1.54) is 6.08 Å². The zero-order chi connectivity index (χ0) is 19.4. The number of nitrogens with zero attached hydrogens (tertiary/aromatic N) is 1. The van der Waals surface area contributed by atoms with Crippen molar-refractivity contribution < 1.29 is 19.0 Å². The van der Waals surface area contributed by atoms with Crippen molar-refractivity contribution in [1.82, 2.24) is 0 Å². The number of carbonyl (C=O) groups is 1. The number of anilines is 1. The number of halogens is 1. The Morgan fingerprint density at radius 2 is 2.04 bits per heavy atom. The second-order valence-corrected chi connectivity index (χ2v) is 6.90. The van der Waals surface area contributed by atoms with Crippen molar-refractivity contribution in [3.05, 3.63) is 52.0 Å². The van der Waals surface area contributed by atoms with Crippen molar-refractivity contribution in [3.8, 4) is 23.3 Å². The molecule has 1 N–H and O–H groups in total. The second-order valence-electron chi connectivity index (χ2n) is 6.05. The van der Waals surface area contributed by atoms with Gasteiger partial charge >= 0.3 is 0 Å². The van der Waals surface area contributed by atoms with Crippen LogP contribution in [0.5, 0.6) is 17.2 Å². The van der Waals surface area contributed by atoms with Crippen molar-refractivity contribution in [1.29, 1.82) is 5.26 Å². The lowest BCUT2D eigenvalue weighted by Crippen LogP contribution is -2.13. The van der Waals surface area contributed by atoms with Gasteiger partial charge in [-0.05, 0) is 49.8 Å². The average Bonchev–Trinajstić information content (AvgIpc) is 3.06. The van der Waals surface area contributed by atoms with Gasteiger partial charge in [0, 0.05) is 16.2 Å². The van der Waals surface area contributed by atoms with Crippen LogP contribution in [0.15, 0.2) is 46.4 Å². The lowest BCUT2D eigenvalue weighted by Gasteiger charge is -2.11. The Balaban J connectivity index is 1.81. The van der Waals surface area contributed by atoms with E-state index in [0.717, 1.165) is 0 Å². The van der Waals surface area contributed by atoms with Gasteiger partial charge in [-0.2, -0.15) is 5.26 Å². The van der Waals surface area contributed by atoms with Gasteiger partial charge in [0.2, 0.25) is 6.79 Å². The van der Waals surface area contributed by atoms with E-state index in [9.17, 15) is 10.1 Å². The molecule has 0 spiro atoms. The van der Waals surface area contributed by atoms with E-state index in [2.05, 4.69) is 21.2 Å². The minimum atomic E-state index is -0.510. The van der Waals surface area contributed by atoms with Gasteiger partial charge in [-0.15, -0.1) is 0 Å². The molecule has 1 amide bonds. The number of hydrogen-bond acceptors (Lipinski definition) is 5. The highest BCUT2D eigenvalue weighted by atomic mass is 79.9. The first-order valence-corrected chi connectivity index (χ1v) is 9.04. The van der Waals surface area contributed by atoms with E-state index in [0.29, 0.717) is 33.0 Å². The van der Waals surface area contributed by atoms with Gasteiger partial charge in [-0.25, -0.2) is 0 Å². The van der Waals surface area contributed by atoms with Crippen LogP contribution in [0.4, 0.5) is 5.69 Å². The molecule has 0 saturated carbocycles. The first-order chi connectivity index (χ1) is 13.0. The Morgan fingerprint density at radius 1 is 1.30 bits per heavy atom. The Hall–Kier alpha value is -2.98. The Labute approximate surface area is 165 Å². The zero-order valence-corrected chi connectivity index (χ0v) is 16.4. The fourth-order valence-corrected chi connectivity index (χ4v) is 2.90. The highest BCUT2D eigenvalue weighted by molar-refractivity contribution is 9.10. The first-order valence-electron chi connectivity index (χ1n) is 8.25. The molecule has 0 radical (unpaired) electrons. The van der Waals surface area contributed by atoms with Crippen LogP contribution >= 0.6 is 15.9 Å². The van der Waals surface area contributed by atoms with Gasteiger partial charge in [-0.1, -0.05) is 22.0 Å². The summed E-state index contributed by atoms with van der Waals surface area (Å²) in [7, 11) is 0. The molecule has 3 rings (SSSR count). The van der Waals surface area contributed by atoms with Crippen LogP contribution in [-0.2, 0) is 4.79 Å². The van der Waals surface area contributed by atoms with Crippen LogP contribution in [0.25, 0.3) is 6.08 Å². The minimum Gasteiger partial charge on any atom is -0.491 e. The van der Waals surface area contributed by atoms with Crippen molar-refractivity contribution in [2.75, 3.05) is 12.1 Å². The second kappa shape index (κ2) is 8.14. The van der Waals surface area contributed by atoms with Gasteiger partial charge in [0.05, 0.1) is 6.10 Å². The summed E-state index contributed by atoms with van der Waals surface area (Å²) >= 11 is 3.42. The molecule has 1 aliphatic heterocycles. The van der Waals surface area contributed by atoms with Crippen LogP contribution in [0.2, 0.25) is 0 Å². The monoisotopic (exact) mass is 428 g/mol. The molecule has 1 aliphatic rings. The summed E-state index contributed by atoms with van der Waals surface area (Å²) in [6.45, 7) is 3.99. The standard InChI is InChI=1S/C20H17BrN2O4/c1-12(2)27-16-5-3-4-15(8-16)23-20(24)14(10-22)6-13-7-18-19(9-17(13)21)26-11-25-18/h3-9,12H,11H2,1-2H3,(H,23,24)/b14-6+. The highest BCUT2D eigenvalue weighted by Gasteiger charge is 2.17. The van der Waals surface area contributed by atoms with E-state index in [1.54, 1.807) is 36.4 Å². The third kappa shape index (κ3) is 4.60. The molecule has 1 heterocycles. The molecular weight excluding hydrogens is 412 g/mol. The maximum atomic E-state index is 12.5. The smallest absolute Gasteiger partial charge is 0.266 e. The zero-order valence-electron chi connectivity index (χ0n) is 14.8. The quantitative estimate of drug-likeness (QED) is 0.559. The average molecular weight is 429 g/mol. The van der Waals surface area contributed by atoms with Crippen LogP contribution in [0.1, 0.15) is 19.4 Å². The lowest BCUT2D eigenvalue weighted by atomic mass is 10.1. The summed E-state index contributed by atoms with van der Waals surface area (Å²) in [6.07, 6.45) is 1.52. The Morgan fingerprint density at radius 3 is 2.74 bits per heavy atom. The number of benzene rings is 2. The summed E-state index contributed by atoms with van der Waals surface area (Å²) < 4.78 is 17.0. The van der Waals surface area contributed by atoms with Crippen molar-refractivity contribution >= 4 is 33.6 Å². The number of nitriles is 1. The molecule has 6 nitrogen and oxygen atoms in total. The molecule has 2 aromatic rings. The molecule has 27 heavy (non-hydrogen) atoms. The molecule has 0 aliphatic carbocycles. The molecule has 0 bridgehead atoms. The normalized spacial score (nSPS) is 12.6. The van der Waals surface area contributed by atoms with Crippen molar-refractivity contribution in [2.24, 2.45) is 0 Å². The SMILES string of the molecule is CC(C)Oc1cccc(NC(=O)/C(C#N)=C/c2cc3c(cc2Br)OCO3)c1. The Kier molecular flexibility index (Phi) is 5.67. The van der Waals surface area contributed by atoms with Gasteiger partial charge in [-0.3, -0.25) is 4.79 Å². The molecule has 2 aromatic carbocycles. The molecule has 7 heteroatoms. The number of nitrogens with one attached hydrogen (secondary N) is 1. The molecule has 0 atom stereocenters. The maximum Gasteiger partial charge on any atom is 0.266 e. The van der Waals surface area contributed by atoms with Gasteiger partial charge in [0.1, 0.15) is 17.4 Å². The largest absolute Gasteiger partial charge is 0.491 e.